The van der Waals surface area contributed by atoms with Crippen LogP contribution in [0, 0.1) is 0 Å². The van der Waals surface area contributed by atoms with Crippen LogP contribution in [0.1, 0.15) is 39.0 Å². The molecule has 1 fully saturated rings. The SMILES string of the molecule is CC(=O)Oc1cccc(NC(=O)NC2CCCCC2)c1. The summed E-state index contributed by atoms with van der Waals surface area (Å²) in [5.41, 5.74) is 0.608. The van der Waals surface area contributed by atoms with Gasteiger partial charge >= 0.3 is 12.0 Å². The first-order chi connectivity index (χ1) is 9.63. The lowest BCUT2D eigenvalue weighted by Crippen LogP contribution is -2.39. The fourth-order valence-corrected chi connectivity index (χ4v) is 2.40. The van der Waals surface area contributed by atoms with E-state index in [9.17, 15) is 9.59 Å². The lowest BCUT2D eigenvalue weighted by Gasteiger charge is -2.22. The van der Waals surface area contributed by atoms with Gasteiger partial charge in [-0.2, -0.15) is 0 Å². The largest absolute Gasteiger partial charge is 0.427 e. The van der Waals surface area contributed by atoms with Crippen molar-refractivity contribution in [2.24, 2.45) is 0 Å². The van der Waals surface area contributed by atoms with Gasteiger partial charge in [-0.1, -0.05) is 25.3 Å². The van der Waals surface area contributed by atoms with Crippen LogP contribution in [-0.4, -0.2) is 18.0 Å². The van der Waals surface area contributed by atoms with E-state index >= 15 is 0 Å². The molecule has 1 aliphatic carbocycles. The first kappa shape index (κ1) is 14.4. The molecule has 0 aliphatic heterocycles. The highest BCUT2D eigenvalue weighted by Crippen LogP contribution is 2.19. The summed E-state index contributed by atoms with van der Waals surface area (Å²) < 4.78 is 4.98. The fraction of sp³-hybridized carbons (Fsp3) is 0.467. The van der Waals surface area contributed by atoms with Crippen molar-refractivity contribution in [3.05, 3.63) is 24.3 Å². The van der Waals surface area contributed by atoms with Crippen LogP contribution in [0.3, 0.4) is 0 Å². The molecular weight excluding hydrogens is 256 g/mol. The standard InChI is InChI=1S/C15H20N2O3/c1-11(18)20-14-9-5-8-13(10-14)17-15(19)16-12-6-3-2-4-7-12/h5,8-10,12H,2-4,6-7H2,1H3,(H2,16,17,19). The number of amides is 2. The van der Waals surface area contributed by atoms with Gasteiger partial charge in [-0.3, -0.25) is 4.79 Å². The van der Waals surface area contributed by atoms with E-state index in [1.807, 2.05) is 0 Å². The molecule has 5 nitrogen and oxygen atoms in total. The Hall–Kier alpha value is -2.04. The molecule has 108 valence electrons. The van der Waals surface area contributed by atoms with Crippen LogP contribution in [0.5, 0.6) is 5.75 Å². The van der Waals surface area contributed by atoms with Gasteiger partial charge in [0, 0.05) is 24.7 Å². The number of carbonyl (C=O) groups excluding carboxylic acids is 2. The average Bonchev–Trinajstić information content (AvgIpc) is 2.39. The Labute approximate surface area is 118 Å². The number of rotatable bonds is 3. The fourth-order valence-electron chi connectivity index (χ4n) is 2.40. The summed E-state index contributed by atoms with van der Waals surface area (Å²) in [6.45, 7) is 1.34. The Balaban J connectivity index is 1.88. The Morgan fingerprint density at radius 2 is 1.95 bits per heavy atom. The summed E-state index contributed by atoms with van der Waals surface area (Å²) in [4.78, 5) is 22.8. The lowest BCUT2D eigenvalue weighted by molar-refractivity contribution is -0.131. The van der Waals surface area contributed by atoms with Gasteiger partial charge in [0.25, 0.3) is 0 Å². The molecule has 0 spiro atoms. The van der Waals surface area contributed by atoms with Gasteiger partial charge in [-0.05, 0) is 25.0 Å². The predicted octanol–water partition coefficient (Wildman–Crippen LogP) is 3.07. The van der Waals surface area contributed by atoms with Crippen LogP contribution in [0.2, 0.25) is 0 Å². The molecule has 0 bridgehead atoms. The number of nitrogens with one attached hydrogen (secondary N) is 2. The van der Waals surface area contributed by atoms with E-state index in [0.29, 0.717) is 11.4 Å². The molecule has 2 rings (SSSR count). The molecule has 2 amide bonds. The molecule has 1 aromatic rings. The Morgan fingerprint density at radius 1 is 1.20 bits per heavy atom. The highest BCUT2D eigenvalue weighted by atomic mass is 16.5. The maximum absolute atomic E-state index is 11.9. The van der Waals surface area contributed by atoms with E-state index in [-0.39, 0.29) is 18.0 Å². The number of esters is 1. The van der Waals surface area contributed by atoms with Gasteiger partial charge in [0.15, 0.2) is 0 Å². The zero-order valence-corrected chi connectivity index (χ0v) is 11.6. The van der Waals surface area contributed by atoms with Crippen molar-refractivity contribution in [3.8, 4) is 5.75 Å². The summed E-state index contributed by atoms with van der Waals surface area (Å²) >= 11 is 0. The van der Waals surface area contributed by atoms with Crippen LogP contribution in [0.25, 0.3) is 0 Å². The Morgan fingerprint density at radius 3 is 2.65 bits per heavy atom. The summed E-state index contributed by atoms with van der Waals surface area (Å²) in [6.07, 6.45) is 5.69. The first-order valence-corrected chi connectivity index (χ1v) is 6.99. The predicted molar refractivity (Wildman–Crippen MR) is 76.8 cm³/mol. The normalized spacial score (nSPS) is 15.4. The van der Waals surface area contributed by atoms with E-state index < -0.39 is 0 Å². The van der Waals surface area contributed by atoms with E-state index in [4.69, 9.17) is 4.74 Å². The molecule has 5 heteroatoms. The second-order valence-corrected chi connectivity index (χ2v) is 5.05. The molecule has 0 aromatic heterocycles. The summed E-state index contributed by atoms with van der Waals surface area (Å²) in [5.74, 6) is 0.0433. The van der Waals surface area contributed by atoms with Crippen LogP contribution < -0.4 is 15.4 Å². The molecule has 2 N–H and O–H groups in total. The number of urea groups is 1. The molecule has 1 aromatic carbocycles. The van der Waals surface area contributed by atoms with E-state index in [0.717, 1.165) is 12.8 Å². The van der Waals surface area contributed by atoms with Gasteiger partial charge in [-0.25, -0.2) is 4.79 Å². The number of carbonyl (C=O) groups is 2. The third-order valence-electron chi connectivity index (χ3n) is 3.29. The third-order valence-corrected chi connectivity index (χ3v) is 3.29. The zero-order chi connectivity index (χ0) is 14.4. The van der Waals surface area contributed by atoms with Crippen molar-refractivity contribution in [1.29, 1.82) is 0 Å². The van der Waals surface area contributed by atoms with E-state index in [2.05, 4.69) is 10.6 Å². The number of anilines is 1. The van der Waals surface area contributed by atoms with Crippen LogP contribution in [0.15, 0.2) is 24.3 Å². The van der Waals surface area contributed by atoms with E-state index in [1.54, 1.807) is 24.3 Å². The molecule has 0 atom stereocenters. The summed E-state index contributed by atoms with van der Waals surface area (Å²) in [5, 5.41) is 5.73. The number of hydrogen-bond acceptors (Lipinski definition) is 3. The lowest BCUT2D eigenvalue weighted by atomic mass is 9.96. The second kappa shape index (κ2) is 6.93. The highest BCUT2D eigenvalue weighted by molar-refractivity contribution is 5.89. The molecule has 0 unspecified atom stereocenters. The molecule has 0 radical (unpaired) electrons. The maximum atomic E-state index is 11.9. The number of hydrogen-bond donors (Lipinski definition) is 2. The number of benzene rings is 1. The first-order valence-electron chi connectivity index (χ1n) is 6.99. The summed E-state index contributed by atoms with van der Waals surface area (Å²) in [6, 6.07) is 6.84. The molecule has 0 saturated heterocycles. The Bertz CT molecular complexity index is 482. The van der Waals surface area contributed by atoms with Gasteiger partial charge in [0.1, 0.15) is 5.75 Å². The second-order valence-electron chi connectivity index (χ2n) is 5.05. The van der Waals surface area contributed by atoms with Crippen molar-refractivity contribution in [2.75, 3.05) is 5.32 Å². The zero-order valence-electron chi connectivity index (χ0n) is 11.6. The van der Waals surface area contributed by atoms with Gasteiger partial charge < -0.3 is 15.4 Å². The van der Waals surface area contributed by atoms with Gasteiger partial charge in [0.2, 0.25) is 0 Å². The maximum Gasteiger partial charge on any atom is 0.319 e. The Kier molecular flexibility index (Phi) is 4.98. The van der Waals surface area contributed by atoms with Crippen LogP contribution in [0.4, 0.5) is 10.5 Å². The summed E-state index contributed by atoms with van der Waals surface area (Å²) in [7, 11) is 0. The monoisotopic (exact) mass is 276 g/mol. The smallest absolute Gasteiger partial charge is 0.319 e. The van der Waals surface area contributed by atoms with Gasteiger partial charge in [0.05, 0.1) is 0 Å². The third kappa shape index (κ3) is 4.57. The van der Waals surface area contributed by atoms with Crippen molar-refractivity contribution in [3.63, 3.8) is 0 Å². The molecule has 0 heterocycles. The van der Waals surface area contributed by atoms with Crippen molar-refractivity contribution < 1.29 is 14.3 Å². The quantitative estimate of drug-likeness (QED) is 0.658. The minimum absolute atomic E-state index is 0.211. The van der Waals surface area contributed by atoms with Crippen LogP contribution in [-0.2, 0) is 4.79 Å². The minimum Gasteiger partial charge on any atom is -0.427 e. The van der Waals surface area contributed by atoms with E-state index in [1.165, 1.54) is 26.2 Å². The van der Waals surface area contributed by atoms with Crippen molar-refractivity contribution in [2.45, 2.75) is 45.1 Å². The minimum atomic E-state index is -0.381. The average molecular weight is 276 g/mol. The molecule has 1 aliphatic rings. The van der Waals surface area contributed by atoms with Crippen molar-refractivity contribution >= 4 is 17.7 Å². The number of ether oxygens (including phenoxy) is 1. The topological polar surface area (TPSA) is 67.4 Å². The van der Waals surface area contributed by atoms with Gasteiger partial charge in [-0.15, -0.1) is 0 Å². The highest BCUT2D eigenvalue weighted by Gasteiger charge is 2.15. The molecular formula is C15H20N2O3. The van der Waals surface area contributed by atoms with Crippen LogP contribution >= 0.6 is 0 Å². The molecule has 20 heavy (non-hydrogen) atoms. The van der Waals surface area contributed by atoms with Crippen molar-refractivity contribution in [1.82, 2.24) is 5.32 Å². The molecule has 1 saturated carbocycles.